The minimum Gasteiger partial charge on any atom is -0.483 e. The summed E-state index contributed by atoms with van der Waals surface area (Å²) >= 11 is 6.26. The number of likely N-dealkylation sites (tertiary alicyclic amines) is 1. The van der Waals surface area contributed by atoms with Gasteiger partial charge in [-0.3, -0.25) is 14.4 Å². The van der Waals surface area contributed by atoms with Gasteiger partial charge >= 0.3 is 0 Å². The number of H-pyrrole nitrogens is 1. The number of aromatic amines is 1. The maximum Gasteiger partial charge on any atom is 0.290 e. The van der Waals surface area contributed by atoms with Crippen molar-refractivity contribution in [2.45, 2.75) is 25.7 Å². The molecule has 0 radical (unpaired) electrons. The number of aromatic nitrogens is 1. The number of rotatable bonds is 5. The Morgan fingerprint density at radius 1 is 1.16 bits per heavy atom. The summed E-state index contributed by atoms with van der Waals surface area (Å²) in [5.41, 5.74) is 2.11. The van der Waals surface area contributed by atoms with Crippen LogP contribution in [0, 0.1) is 5.92 Å². The molecule has 4 rings (SSSR count). The molecule has 168 valence electrons. The summed E-state index contributed by atoms with van der Waals surface area (Å²) in [6.07, 6.45) is 3.92. The molecule has 0 unspecified atom stereocenters. The first-order valence-corrected chi connectivity index (χ1v) is 11.0. The van der Waals surface area contributed by atoms with Crippen molar-refractivity contribution in [2.24, 2.45) is 5.92 Å². The number of carboxylic acid groups (broad SMARTS) is 1. The number of nitrogens with one attached hydrogen (secondary N) is 1. The van der Waals surface area contributed by atoms with Gasteiger partial charge in [-0.25, -0.2) is 0 Å². The number of pyridine rings is 1. The highest BCUT2D eigenvalue weighted by Crippen LogP contribution is 2.26. The zero-order chi connectivity index (χ0) is 23.1. The molecule has 1 aliphatic rings. The Kier molecular flexibility index (Phi) is 8.20. The highest BCUT2D eigenvalue weighted by molar-refractivity contribution is 6.35. The number of benzene rings is 2. The van der Waals surface area contributed by atoms with Crippen molar-refractivity contribution in [3.05, 3.63) is 69.5 Å². The molecule has 0 spiro atoms. The first-order valence-electron chi connectivity index (χ1n) is 10.6. The second-order valence-corrected chi connectivity index (χ2v) is 8.51. The largest absolute Gasteiger partial charge is 0.483 e. The predicted octanol–water partition coefficient (Wildman–Crippen LogP) is 4.85. The summed E-state index contributed by atoms with van der Waals surface area (Å²) in [5, 5.41) is 8.74. The SMILES string of the molecule is CN1CCC(CCC(=O)c2ccc(-c3cc4c(Cl)cccc4c(=O)[nH]3)cc2)CC1.O=CO. The molecule has 7 heteroatoms. The molecule has 1 aliphatic heterocycles. The maximum atomic E-state index is 12.6. The van der Waals surface area contributed by atoms with Crippen molar-refractivity contribution < 1.29 is 14.7 Å². The first kappa shape index (κ1) is 23.7. The number of hydrogen-bond donors (Lipinski definition) is 2. The normalized spacial score (nSPS) is 14.6. The van der Waals surface area contributed by atoms with Gasteiger partial charge in [0.05, 0.1) is 0 Å². The number of fused-ring (bicyclic) bond motifs is 1. The lowest BCUT2D eigenvalue weighted by molar-refractivity contribution is -0.122. The summed E-state index contributed by atoms with van der Waals surface area (Å²) in [6, 6.07) is 14.7. The third kappa shape index (κ3) is 5.84. The number of carbonyl (C=O) groups excluding carboxylic acids is 1. The van der Waals surface area contributed by atoms with Crippen LogP contribution >= 0.6 is 11.6 Å². The average Bonchev–Trinajstić information content (AvgIpc) is 2.80. The minimum atomic E-state index is -0.250. The van der Waals surface area contributed by atoms with E-state index in [4.69, 9.17) is 21.5 Å². The molecule has 1 aromatic heterocycles. The van der Waals surface area contributed by atoms with Crippen molar-refractivity contribution in [3.8, 4) is 11.3 Å². The third-order valence-electron chi connectivity index (χ3n) is 5.97. The van der Waals surface area contributed by atoms with Crippen LogP contribution in [0.3, 0.4) is 0 Å². The number of hydrogen-bond acceptors (Lipinski definition) is 4. The highest BCUT2D eigenvalue weighted by Gasteiger charge is 2.18. The van der Waals surface area contributed by atoms with Gasteiger partial charge in [0.25, 0.3) is 12.0 Å². The van der Waals surface area contributed by atoms with Crippen molar-refractivity contribution in [3.63, 3.8) is 0 Å². The van der Waals surface area contributed by atoms with E-state index in [-0.39, 0.29) is 17.8 Å². The van der Waals surface area contributed by atoms with Gasteiger partial charge in [0, 0.05) is 33.5 Å². The average molecular weight is 455 g/mol. The van der Waals surface area contributed by atoms with Gasteiger partial charge in [0.2, 0.25) is 0 Å². The molecule has 0 atom stereocenters. The Hall–Kier alpha value is -2.96. The molecule has 0 saturated carbocycles. The predicted molar refractivity (Wildman–Crippen MR) is 127 cm³/mol. The molecule has 0 amide bonds. The number of Topliss-reactive ketones (excluding diaryl/α,β-unsaturated/α-hetero) is 1. The minimum absolute atomic E-state index is 0.168. The zero-order valence-corrected chi connectivity index (χ0v) is 18.8. The lowest BCUT2D eigenvalue weighted by Gasteiger charge is -2.28. The van der Waals surface area contributed by atoms with Crippen molar-refractivity contribution in [1.29, 1.82) is 0 Å². The lowest BCUT2D eigenvalue weighted by atomic mass is 9.90. The van der Waals surface area contributed by atoms with Crippen LogP contribution in [0.25, 0.3) is 22.0 Å². The molecule has 3 aromatic rings. The molecule has 6 nitrogen and oxygen atoms in total. The third-order valence-corrected chi connectivity index (χ3v) is 6.30. The topological polar surface area (TPSA) is 90.5 Å². The zero-order valence-electron chi connectivity index (χ0n) is 18.0. The van der Waals surface area contributed by atoms with E-state index in [0.717, 1.165) is 36.0 Å². The number of carbonyl (C=O) groups is 2. The molecule has 32 heavy (non-hydrogen) atoms. The Labute approximate surface area is 191 Å². The molecule has 0 aliphatic carbocycles. The van der Waals surface area contributed by atoms with Crippen LogP contribution in [0.4, 0.5) is 0 Å². The van der Waals surface area contributed by atoms with Crippen LogP contribution in [0.15, 0.2) is 53.3 Å². The van der Waals surface area contributed by atoms with Crippen molar-refractivity contribution in [1.82, 2.24) is 9.88 Å². The van der Waals surface area contributed by atoms with Crippen LogP contribution in [0.2, 0.25) is 5.02 Å². The van der Waals surface area contributed by atoms with Gasteiger partial charge in [-0.1, -0.05) is 41.9 Å². The van der Waals surface area contributed by atoms with Gasteiger partial charge in [-0.15, -0.1) is 0 Å². The Bertz CT molecular complexity index is 1130. The fourth-order valence-electron chi connectivity index (χ4n) is 4.07. The van der Waals surface area contributed by atoms with Gasteiger partial charge in [-0.05, 0) is 69.1 Å². The quantitative estimate of drug-likeness (QED) is 0.424. The Balaban J connectivity index is 0.000000913. The summed E-state index contributed by atoms with van der Waals surface area (Å²) < 4.78 is 0. The summed E-state index contributed by atoms with van der Waals surface area (Å²) in [6.45, 7) is 2.00. The van der Waals surface area contributed by atoms with Crippen LogP contribution in [0.1, 0.15) is 36.0 Å². The molecule has 2 aromatic carbocycles. The highest BCUT2D eigenvalue weighted by atomic mass is 35.5. The summed E-state index contributed by atoms with van der Waals surface area (Å²) in [5.74, 6) is 0.840. The molecule has 0 bridgehead atoms. The second kappa shape index (κ2) is 11.1. The van der Waals surface area contributed by atoms with Crippen LogP contribution in [-0.2, 0) is 4.79 Å². The summed E-state index contributed by atoms with van der Waals surface area (Å²) in [4.78, 5) is 38.6. The van der Waals surface area contributed by atoms with Gasteiger partial charge < -0.3 is 15.0 Å². The van der Waals surface area contributed by atoms with Crippen LogP contribution in [0.5, 0.6) is 0 Å². The first-order chi connectivity index (χ1) is 15.4. The molecule has 2 N–H and O–H groups in total. The molecule has 1 fully saturated rings. The molecular weight excluding hydrogens is 428 g/mol. The molecule has 1 saturated heterocycles. The number of halogens is 1. The fourth-order valence-corrected chi connectivity index (χ4v) is 4.30. The Morgan fingerprint density at radius 2 is 1.81 bits per heavy atom. The smallest absolute Gasteiger partial charge is 0.290 e. The fraction of sp³-hybridized carbons (Fsp3) is 0.320. The van der Waals surface area contributed by atoms with E-state index in [1.807, 2.05) is 30.3 Å². The number of piperidine rings is 1. The molecule has 2 heterocycles. The standard InChI is InChI=1S/C24H25ClN2O2.CH2O2/c1-27-13-11-16(12-14-27)5-10-23(28)18-8-6-17(7-9-18)22-15-20-19(24(29)26-22)3-2-4-21(20)25;2-1-3/h2-4,6-9,15-16H,5,10-14H2,1H3,(H,26,29);1H,(H,2,3). The second-order valence-electron chi connectivity index (χ2n) is 8.10. The van der Waals surface area contributed by atoms with Crippen molar-refractivity contribution >= 4 is 34.6 Å². The van der Waals surface area contributed by atoms with Gasteiger partial charge in [0.15, 0.2) is 5.78 Å². The van der Waals surface area contributed by atoms with Gasteiger partial charge in [0.1, 0.15) is 0 Å². The van der Waals surface area contributed by atoms with E-state index in [0.29, 0.717) is 28.4 Å². The van der Waals surface area contributed by atoms with E-state index in [1.165, 1.54) is 12.8 Å². The monoisotopic (exact) mass is 454 g/mol. The molecular formula is C25H27ClN2O4. The van der Waals surface area contributed by atoms with E-state index in [1.54, 1.807) is 18.2 Å². The van der Waals surface area contributed by atoms with E-state index in [9.17, 15) is 9.59 Å². The van der Waals surface area contributed by atoms with E-state index >= 15 is 0 Å². The van der Waals surface area contributed by atoms with Crippen LogP contribution in [-0.4, -0.2) is 47.4 Å². The maximum absolute atomic E-state index is 12.6. The number of ketones is 1. The lowest BCUT2D eigenvalue weighted by Crippen LogP contribution is -2.30. The van der Waals surface area contributed by atoms with Crippen molar-refractivity contribution in [2.75, 3.05) is 20.1 Å². The van der Waals surface area contributed by atoms with Crippen LogP contribution < -0.4 is 5.56 Å². The van der Waals surface area contributed by atoms with Gasteiger partial charge in [-0.2, -0.15) is 0 Å². The summed E-state index contributed by atoms with van der Waals surface area (Å²) in [7, 11) is 2.15. The van der Waals surface area contributed by atoms with E-state index in [2.05, 4.69) is 16.9 Å². The number of nitrogens with zero attached hydrogens (tertiary/aromatic N) is 1. The van der Waals surface area contributed by atoms with E-state index < -0.39 is 0 Å². The Morgan fingerprint density at radius 3 is 2.47 bits per heavy atom.